The molecule has 0 aliphatic heterocycles. The van der Waals surface area contributed by atoms with E-state index in [-0.39, 0.29) is 11.3 Å². The van der Waals surface area contributed by atoms with Gasteiger partial charge in [-0.15, -0.1) is 0 Å². The molecule has 0 unspecified atom stereocenters. The van der Waals surface area contributed by atoms with E-state index in [1.165, 1.54) is 18.3 Å². The summed E-state index contributed by atoms with van der Waals surface area (Å²) in [7, 11) is 0. The standard InChI is InChI=1S/C12H11FN2O3/c1-2-15-7-8(6-14-15)18-11-9(12(16)17)4-3-5-10(11)13/h3-7H,2H2,1H3,(H,16,17). The van der Waals surface area contributed by atoms with Crippen molar-refractivity contribution in [2.24, 2.45) is 0 Å². The van der Waals surface area contributed by atoms with Crippen LogP contribution in [0.25, 0.3) is 0 Å². The van der Waals surface area contributed by atoms with Gasteiger partial charge in [0.05, 0.1) is 12.4 Å². The molecule has 1 N–H and O–H groups in total. The second-order valence-electron chi connectivity index (χ2n) is 3.56. The van der Waals surface area contributed by atoms with Gasteiger partial charge in [-0.2, -0.15) is 5.10 Å². The van der Waals surface area contributed by atoms with E-state index in [0.29, 0.717) is 12.3 Å². The predicted octanol–water partition coefficient (Wildman–Crippen LogP) is 2.53. The highest BCUT2D eigenvalue weighted by molar-refractivity contribution is 5.91. The minimum Gasteiger partial charge on any atom is -0.478 e. The van der Waals surface area contributed by atoms with Gasteiger partial charge in [-0.05, 0) is 19.1 Å². The van der Waals surface area contributed by atoms with Crippen LogP contribution in [0.3, 0.4) is 0 Å². The van der Waals surface area contributed by atoms with Crippen LogP contribution in [0.1, 0.15) is 17.3 Å². The number of halogens is 1. The summed E-state index contributed by atoms with van der Waals surface area (Å²) in [4.78, 5) is 11.0. The summed E-state index contributed by atoms with van der Waals surface area (Å²) in [6, 6.07) is 3.75. The minimum absolute atomic E-state index is 0.223. The lowest BCUT2D eigenvalue weighted by atomic mass is 10.2. The molecule has 0 bridgehead atoms. The van der Waals surface area contributed by atoms with E-state index in [0.717, 1.165) is 6.07 Å². The molecule has 0 saturated heterocycles. The molecule has 0 atom stereocenters. The number of hydrogen-bond donors (Lipinski definition) is 1. The number of aromatic carboxylic acids is 1. The van der Waals surface area contributed by atoms with Crippen LogP contribution in [0, 0.1) is 5.82 Å². The van der Waals surface area contributed by atoms with E-state index in [4.69, 9.17) is 9.84 Å². The first-order chi connectivity index (χ1) is 8.61. The molecule has 94 valence electrons. The third-order valence-corrected chi connectivity index (χ3v) is 2.35. The molecule has 0 fully saturated rings. The maximum absolute atomic E-state index is 13.6. The number of aryl methyl sites for hydroxylation is 1. The molecule has 0 amide bonds. The van der Waals surface area contributed by atoms with Gasteiger partial charge >= 0.3 is 5.97 Å². The quantitative estimate of drug-likeness (QED) is 0.905. The van der Waals surface area contributed by atoms with Crippen molar-refractivity contribution in [2.45, 2.75) is 13.5 Å². The summed E-state index contributed by atoms with van der Waals surface area (Å²) in [5.41, 5.74) is -0.223. The molecule has 0 aliphatic rings. The van der Waals surface area contributed by atoms with Crippen LogP contribution < -0.4 is 4.74 Å². The van der Waals surface area contributed by atoms with Crippen LogP contribution in [0.15, 0.2) is 30.6 Å². The third kappa shape index (κ3) is 2.32. The van der Waals surface area contributed by atoms with Crippen molar-refractivity contribution in [2.75, 3.05) is 0 Å². The molecule has 6 heteroatoms. The molecule has 0 saturated carbocycles. The summed E-state index contributed by atoms with van der Waals surface area (Å²) in [6.07, 6.45) is 2.97. The largest absolute Gasteiger partial charge is 0.478 e. The Morgan fingerprint density at radius 3 is 2.94 bits per heavy atom. The summed E-state index contributed by atoms with van der Waals surface area (Å²) >= 11 is 0. The maximum atomic E-state index is 13.6. The lowest BCUT2D eigenvalue weighted by Crippen LogP contribution is -2.01. The van der Waals surface area contributed by atoms with Crippen molar-refractivity contribution >= 4 is 5.97 Å². The van der Waals surface area contributed by atoms with Gasteiger partial charge in [0, 0.05) is 6.54 Å². The molecule has 0 radical (unpaired) electrons. The van der Waals surface area contributed by atoms with Crippen LogP contribution in [0.4, 0.5) is 4.39 Å². The van der Waals surface area contributed by atoms with E-state index in [1.54, 1.807) is 10.9 Å². The normalized spacial score (nSPS) is 10.3. The highest BCUT2D eigenvalue weighted by Gasteiger charge is 2.16. The molecular formula is C12H11FN2O3. The first-order valence-electron chi connectivity index (χ1n) is 5.34. The summed E-state index contributed by atoms with van der Waals surface area (Å²) in [6.45, 7) is 2.54. The Balaban J connectivity index is 2.36. The number of rotatable bonds is 4. The SMILES string of the molecule is CCn1cc(Oc2c(F)cccc2C(=O)O)cn1. The van der Waals surface area contributed by atoms with Crippen molar-refractivity contribution in [1.29, 1.82) is 0 Å². The average molecular weight is 250 g/mol. The zero-order valence-electron chi connectivity index (χ0n) is 9.63. The molecule has 1 aromatic heterocycles. The smallest absolute Gasteiger partial charge is 0.339 e. The molecule has 0 spiro atoms. The molecule has 2 aromatic rings. The zero-order valence-corrected chi connectivity index (χ0v) is 9.63. The fourth-order valence-electron chi connectivity index (χ4n) is 1.47. The number of carboxylic acid groups (broad SMARTS) is 1. The van der Waals surface area contributed by atoms with Gasteiger partial charge in [0.2, 0.25) is 0 Å². The molecule has 0 aliphatic carbocycles. The van der Waals surface area contributed by atoms with Crippen LogP contribution >= 0.6 is 0 Å². The fraction of sp³-hybridized carbons (Fsp3) is 0.167. The van der Waals surface area contributed by atoms with Gasteiger partial charge in [0.1, 0.15) is 5.56 Å². The molecule has 18 heavy (non-hydrogen) atoms. The van der Waals surface area contributed by atoms with Crippen LogP contribution in [0.2, 0.25) is 0 Å². The van der Waals surface area contributed by atoms with Crippen LogP contribution in [0.5, 0.6) is 11.5 Å². The highest BCUT2D eigenvalue weighted by atomic mass is 19.1. The van der Waals surface area contributed by atoms with Crippen LogP contribution in [-0.4, -0.2) is 20.9 Å². The van der Waals surface area contributed by atoms with Crippen molar-refractivity contribution in [3.05, 3.63) is 42.0 Å². The number of ether oxygens (including phenoxy) is 1. The summed E-state index contributed by atoms with van der Waals surface area (Å²) < 4.78 is 20.4. The first-order valence-corrected chi connectivity index (χ1v) is 5.34. The Kier molecular flexibility index (Phi) is 3.27. The lowest BCUT2D eigenvalue weighted by Gasteiger charge is -2.07. The fourth-order valence-corrected chi connectivity index (χ4v) is 1.47. The number of nitrogens with zero attached hydrogens (tertiary/aromatic N) is 2. The van der Waals surface area contributed by atoms with E-state index in [1.807, 2.05) is 6.92 Å². The van der Waals surface area contributed by atoms with Crippen molar-refractivity contribution in [3.8, 4) is 11.5 Å². The predicted molar refractivity (Wildman–Crippen MR) is 61.3 cm³/mol. The number of para-hydroxylation sites is 1. The first kappa shape index (κ1) is 12.1. The third-order valence-electron chi connectivity index (χ3n) is 2.35. The van der Waals surface area contributed by atoms with Crippen molar-refractivity contribution in [1.82, 2.24) is 9.78 Å². The van der Waals surface area contributed by atoms with Gasteiger partial charge in [-0.25, -0.2) is 9.18 Å². The monoisotopic (exact) mass is 250 g/mol. The van der Waals surface area contributed by atoms with Gasteiger partial charge in [-0.1, -0.05) is 6.07 Å². The van der Waals surface area contributed by atoms with Gasteiger partial charge in [-0.3, -0.25) is 4.68 Å². The number of hydrogen-bond acceptors (Lipinski definition) is 3. The Morgan fingerprint density at radius 1 is 1.56 bits per heavy atom. The molecule has 1 heterocycles. The van der Waals surface area contributed by atoms with Crippen molar-refractivity contribution in [3.63, 3.8) is 0 Å². The summed E-state index contributed by atoms with van der Waals surface area (Å²) in [5, 5.41) is 12.9. The lowest BCUT2D eigenvalue weighted by molar-refractivity contribution is 0.0693. The van der Waals surface area contributed by atoms with Crippen molar-refractivity contribution < 1.29 is 19.0 Å². The van der Waals surface area contributed by atoms with E-state index < -0.39 is 11.8 Å². The van der Waals surface area contributed by atoms with Gasteiger partial charge in [0.15, 0.2) is 17.3 Å². The van der Waals surface area contributed by atoms with Crippen LogP contribution in [-0.2, 0) is 6.54 Å². The van der Waals surface area contributed by atoms with E-state index in [9.17, 15) is 9.18 Å². The Hall–Kier alpha value is -2.37. The Morgan fingerprint density at radius 2 is 2.33 bits per heavy atom. The second-order valence-corrected chi connectivity index (χ2v) is 3.56. The van der Waals surface area contributed by atoms with E-state index >= 15 is 0 Å². The second kappa shape index (κ2) is 4.87. The molecule has 5 nitrogen and oxygen atoms in total. The topological polar surface area (TPSA) is 64.3 Å². The van der Waals surface area contributed by atoms with Gasteiger partial charge < -0.3 is 9.84 Å². The number of aromatic nitrogens is 2. The number of carboxylic acids is 1. The minimum atomic E-state index is -1.24. The maximum Gasteiger partial charge on any atom is 0.339 e. The Bertz CT molecular complexity index is 580. The number of carbonyl (C=O) groups is 1. The van der Waals surface area contributed by atoms with E-state index in [2.05, 4.69) is 5.10 Å². The molecule has 1 aromatic carbocycles. The summed E-state index contributed by atoms with van der Waals surface area (Å²) in [5.74, 6) is -1.98. The molecular weight excluding hydrogens is 239 g/mol. The zero-order chi connectivity index (χ0) is 13.1. The highest BCUT2D eigenvalue weighted by Crippen LogP contribution is 2.28. The average Bonchev–Trinajstić information content (AvgIpc) is 2.79. The Labute approximate surface area is 102 Å². The van der Waals surface area contributed by atoms with Gasteiger partial charge in [0.25, 0.3) is 0 Å². The number of benzene rings is 1. The molecule has 2 rings (SSSR count).